The summed E-state index contributed by atoms with van der Waals surface area (Å²) in [5.74, 6) is 1.04. The van der Waals surface area contributed by atoms with Gasteiger partial charge in [0.05, 0.1) is 19.4 Å². The number of aromatic nitrogens is 2. The molecule has 2 aromatic heterocycles. The normalized spacial score (nSPS) is 19.6. The molecule has 0 bridgehead atoms. The second-order valence-electron chi connectivity index (χ2n) is 10.3. The molecule has 37 heavy (non-hydrogen) atoms. The summed E-state index contributed by atoms with van der Waals surface area (Å²) in [7, 11) is 0. The Bertz CT molecular complexity index is 1080. The van der Waals surface area contributed by atoms with Gasteiger partial charge in [0, 0.05) is 44.3 Å². The number of ether oxygens (including phenoxy) is 1. The zero-order chi connectivity index (χ0) is 26.8. The average molecular weight is 543 g/mol. The standard InChI is InChI=1S/C24H33F3N6O3S/c1-23(2,3)33(21-28-13-18(37-21)24(25,26)27)20-12-16(14-31-7-9-36-10-8-31)11-19(30-20)29-17-5-4-6-32(15-17)22(34)35/h11-13,17H,4-10,14-15H2,1-3H3,(H,29,30)(H,34,35)/t17-/m0/s1. The summed E-state index contributed by atoms with van der Waals surface area (Å²) in [6, 6.07) is 3.71. The number of nitrogens with zero attached hydrogens (tertiary/aromatic N) is 5. The molecule has 0 saturated carbocycles. The van der Waals surface area contributed by atoms with Gasteiger partial charge in [0.15, 0.2) is 5.13 Å². The fourth-order valence-electron chi connectivity index (χ4n) is 4.57. The monoisotopic (exact) mass is 542 g/mol. The van der Waals surface area contributed by atoms with Crippen LogP contribution in [0.4, 0.5) is 34.7 Å². The smallest absolute Gasteiger partial charge is 0.427 e. The molecule has 4 rings (SSSR count). The third-order valence-electron chi connectivity index (χ3n) is 6.29. The first kappa shape index (κ1) is 27.4. The topological polar surface area (TPSA) is 94.1 Å². The number of carboxylic acid groups (broad SMARTS) is 1. The highest BCUT2D eigenvalue weighted by atomic mass is 32.1. The van der Waals surface area contributed by atoms with Crippen molar-refractivity contribution < 1.29 is 27.8 Å². The maximum Gasteiger partial charge on any atom is 0.427 e. The fourth-order valence-corrected chi connectivity index (χ4v) is 5.56. The first-order chi connectivity index (χ1) is 17.4. The minimum Gasteiger partial charge on any atom is -0.465 e. The molecular formula is C24H33F3N6O3S. The molecule has 0 radical (unpaired) electrons. The number of alkyl halides is 3. The van der Waals surface area contributed by atoms with E-state index in [-0.39, 0.29) is 11.2 Å². The Morgan fingerprint density at radius 2 is 1.97 bits per heavy atom. The molecule has 0 spiro atoms. The van der Waals surface area contributed by atoms with Crippen LogP contribution in [0, 0.1) is 0 Å². The van der Waals surface area contributed by atoms with Gasteiger partial charge >= 0.3 is 12.3 Å². The van der Waals surface area contributed by atoms with Crippen molar-refractivity contribution in [2.75, 3.05) is 49.6 Å². The van der Waals surface area contributed by atoms with Crippen LogP contribution >= 0.6 is 11.3 Å². The van der Waals surface area contributed by atoms with Crippen molar-refractivity contribution in [3.8, 4) is 0 Å². The minimum atomic E-state index is -4.48. The first-order valence-electron chi connectivity index (χ1n) is 12.3. The summed E-state index contributed by atoms with van der Waals surface area (Å²) in [6.07, 6.45) is -3.05. The number of nitrogens with one attached hydrogen (secondary N) is 1. The molecule has 1 amide bonds. The summed E-state index contributed by atoms with van der Waals surface area (Å²) < 4.78 is 45.6. The van der Waals surface area contributed by atoms with Crippen LogP contribution in [0.3, 0.4) is 0 Å². The molecule has 13 heteroatoms. The van der Waals surface area contributed by atoms with Crippen LogP contribution in [-0.4, -0.2) is 81.9 Å². The van der Waals surface area contributed by atoms with E-state index in [0.29, 0.717) is 55.8 Å². The molecule has 204 valence electrons. The van der Waals surface area contributed by atoms with Gasteiger partial charge in [-0.2, -0.15) is 13.2 Å². The quantitative estimate of drug-likeness (QED) is 0.534. The van der Waals surface area contributed by atoms with Crippen LogP contribution in [0.25, 0.3) is 0 Å². The highest BCUT2D eigenvalue weighted by Crippen LogP contribution is 2.41. The molecule has 2 saturated heterocycles. The Hall–Kier alpha value is -2.64. The zero-order valence-electron chi connectivity index (χ0n) is 21.2. The van der Waals surface area contributed by atoms with E-state index in [1.54, 1.807) is 4.90 Å². The van der Waals surface area contributed by atoms with E-state index < -0.39 is 22.7 Å². The summed E-state index contributed by atoms with van der Waals surface area (Å²) >= 11 is 0.587. The van der Waals surface area contributed by atoms with Gasteiger partial charge in [-0.15, -0.1) is 0 Å². The molecule has 2 aromatic rings. The molecule has 4 heterocycles. The summed E-state index contributed by atoms with van der Waals surface area (Å²) in [5, 5.41) is 13.0. The highest BCUT2D eigenvalue weighted by molar-refractivity contribution is 7.15. The molecule has 0 aromatic carbocycles. The van der Waals surface area contributed by atoms with Gasteiger partial charge in [0.2, 0.25) is 0 Å². The Morgan fingerprint density at radius 1 is 1.24 bits per heavy atom. The van der Waals surface area contributed by atoms with E-state index >= 15 is 0 Å². The molecule has 2 aliphatic rings. The van der Waals surface area contributed by atoms with Crippen LogP contribution in [0.1, 0.15) is 44.1 Å². The molecule has 2 aliphatic heterocycles. The maximum absolute atomic E-state index is 13.4. The van der Waals surface area contributed by atoms with Crippen molar-refractivity contribution >= 4 is 34.2 Å². The van der Waals surface area contributed by atoms with E-state index in [4.69, 9.17) is 9.72 Å². The Balaban J connectivity index is 1.69. The lowest BCUT2D eigenvalue weighted by molar-refractivity contribution is -0.134. The van der Waals surface area contributed by atoms with Crippen LogP contribution in [0.2, 0.25) is 0 Å². The van der Waals surface area contributed by atoms with Crippen LogP contribution in [-0.2, 0) is 17.5 Å². The molecule has 2 N–H and O–H groups in total. The largest absolute Gasteiger partial charge is 0.465 e. The number of amides is 1. The van der Waals surface area contributed by atoms with E-state index in [0.717, 1.165) is 37.7 Å². The van der Waals surface area contributed by atoms with Crippen molar-refractivity contribution in [3.05, 3.63) is 28.8 Å². The van der Waals surface area contributed by atoms with E-state index in [9.17, 15) is 23.1 Å². The number of pyridine rings is 1. The second kappa shape index (κ2) is 11.0. The van der Waals surface area contributed by atoms with Crippen molar-refractivity contribution in [3.63, 3.8) is 0 Å². The number of carbonyl (C=O) groups is 1. The van der Waals surface area contributed by atoms with Gasteiger partial charge in [0.1, 0.15) is 16.5 Å². The summed E-state index contributed by atoms with van der Waals surface area (Å²) in [6.45, 7) is 10.0. The van der Waals surface area contributed by atoms with E-state index in [2.05, 4.69) is 15.2 Å². The number of morpholine rings is 1. The summed E-state index contributed by atoms with van der Waals surface area (Å²) in [4.78, 5) is 25.0. The Morgan fingerprint density at radius 3 is 2.59 bits per heavy atom. The highest BCUT2D eigenvalue weighted by Gasteiger charge is 2.36. The number of likely N-dealkylation sites (tertiary alicyclic amines) is 1. The SMILES string of the molecule is CC(C)(C)N(c1cc(CN2CCOCC2)cc(N[C@H]2CCCN(C(=O)O)C2)n1)c1ncc(C(F)(F)F)s1. The first-order valence-corrected chi connectivity index (χ1v) is 13.1. The molecule has 0 aliphatic carbocycles. The third-order valence-corrected chi connectivity index (χ3v) is 7.32. The average Bonchev–Trinajstić information content (AvgIpc) is 3.29. The third kappa shape index (κ3) is 7.02. The number of thiazole rings is 1. The van der Waals surface area contributed by atoms with E-state index in [1.807, 2.05) is 32.9 Å². The van der Waals surface area contributed by atoms with Crippen molar-refractivity contribution in [1.82, 2.24) is 19.8 Å². The lowest BCUT2D eigenvalue weighted by Gasteiger charge is -2.36. The van der Waals surface area contributed by atoms with Crippen molar-refractivity contribution in [1.29, 1.82) is 0 Å². The molecule has 0 unspecified atom stereocenters. The van der Waals surface area contributed by atoms with Gasteiger partial charge in [0.25, 0.3) is 0 Å². The number of halogens is 3. The Kier molecular flexibility index (Phi) is 8.14. The lowest BCUT2D eigenvalue weighted by Crippen LogP contribution is -2.44. The van der Waals surface area contributed by atoms with Gasteiger partial charge in [-0.25, -0.2) is 14.8 Å². The summed E-state index contributed by atoms with van der Waals surface area (Å²) in [5.41, 5.74) is 0.329. The Labute approximate surface area is 218 Å². The molecular weight excluding hydrogens is 509 g/mol. The fraction of sp³-hybridized carbons (Fsp3) is 0.625. The van der Waals surface area contributed by atoms with Gasteiger partial charge in [-0.3, -0.25) is 9.80 Å². The van der Waals surface area contributed by atoms with Gasteiger partial charge in [-0.1, -0.05) is 11.3 Å². The van der Waals surface area contributed by atoms with Crippen molar-refractivity contribution in [2.45, 2.75) is 57.9 Å². The predicted molar refractivity (Wildman–Crippen MR) is 136 cm³/mol. The van der Waals surface area contributed by atoms with Crippen LogP contribution < -0.4 is 10.2 Å². The maximum atomic E-state index is 13.4. The number of hydrogen-bond acceptors (Lipinski definition) is 8. The number of anilines is 3. The van der Waals surface area contributed by atoms with Crippen LogP contribution in [0.5, 0.6) is 0 Å². The zero-order valence-corrected chi connectivity index (χ0v) is 22.0. The van der Waals surface area contributed by atoms with E-state index in [1.165, 1.54) is 4.90 Å². The number of piperidine rings is 1. The lowest BCUT2D eigenvalue weighted by atomic mass is 10.1. The number of rotatable bonds is 6. The van der Waals surface area contributed by atoms with Gasteiger partial charge < -0.3 is 20.1 Å². The predicted octanol–water partition coefficient (Wildman–Crippen LogP) is 4.88. The molecule has 2 fully saturated rings. The van der Waals surface area contributed by atoms with Crippen LogP contribution in [0.15, 0.2) is 18.3 Å². The second-order valence-corrected chi connectivity index (χ2v) is 11.3. The van der Waals surface area contributed by atoms with Gasteiger partial charge in [-0.05, 0) is 51.3 Å². The molecule has 1 atom stereocenters. The van der Waals surface area contributed by atoms with Crippen molar-refractivity contribution in [2.24, 2.45) is 0 Å². The number of hydrogen-bond donors (Lipinski definition) is 2. The molecule has 9 nitrogen and oxygen atoms in total. The minimum absolute atomic E-state index is 0.122.